The largest absolute Gasteiger partial charge is 0.347 e. The van der Waals surface area contributed by atoms with E-state index in [1.807, 2.05) is 41.3 Å². The third-order valence-corrected chi connectivity index (χ3v) is 4.50. The Morgan fingerprint density at radius 1 is 1.13 bits per heavy atom. The number of carbonyl (C=O) groups excluding carboxylic acids is 1. The van der Waals surface area contributed by atoms with Crippen LogP contribution in [0.2, 0.25) is 0 Å². The van der Waals surface area contributed by atoms with E-state index in [9.17, 15) is 4.79 Å². The average molecular weight is 313 g/mol. The van der Waals surface area contributed by atoms with Crippen LogP contribution in [0.25, 0.3) is 11.3 Å². The Balaban J connectivity index is 1.45. The van der Waals surface area contributed by atoms with Crippen molar-refractivity contribution in [1.29, 1.82) is 0 Å². The first-order valence-electron chi connectivity index (χ1n) is 7.94. The van der Waals surface area contributed by atoms with E-state index in [0.29, 0.717) is 32.0 Å². The zero-order valence-corrected chi connectivity index (χ0v) is 12.8. The summed E-state index contributed by atoms with van der Waals surface area (Å²) in [4.78, 5) is 14.5. The van der Waals surface area contributed by atoms with E-state index < -0.39 is 5.79 Å². The molecule has 0 saturated carbocycles. The van der Waals surface area contributed by atoms with Crippen molar-refractivity contribution in [1.82, 2.24) is 15.1 Å². The van der Waals surface area contributed by atoms with E-state index >= 15 is 0 Å². The van der Waals surface area contributed by atoms with Crippen molar-refractivity contribution in [2.24, 2.45) is 0 Å². The van der Waals surface area contributed by atoms with Gasteiger partial charge in [-0.05, 0) is 6.07 Å². The highest BCUT2D eigenvalue weighted by molar-refractivity contribution is 5.93. The van der Waals surface area contributed by atoms with Gasteiger partial charge in [0.05, 0.1) is 18.9 Å². The normalized spacial score (nSPS) is 20.1. The summed E-state index contributed by atoms with van der Waals surface area (Å²) >= 11 is 0. The molecule has 1 amide bonds. The summed E-state index contributed by atoms with van der Waals surface area (Å²) in [5, 5.41) is 7.11. The molecule has 1 aromatic heterocycles. The summed E-state index contributed by atoms with van der Waals surface area (Å²) in [7, 11) is 0. The van der Waals surface area contributed by atoms with Crippen LogP contribution in [-0.4, -0.2) is 53.1 Å². The number of likely N-dealkylation sites (tertiary alicyclic amines) is 1. The molecular formula is C17H19N3O3. The van der Waals surface area contributed by atoms with Gasteiger partial charge >= 0.3 is 0 Å². The van der Waals surface area contributed by atoms with Crippen LogP contribution in [-0.2, 0) is 9.47 Å². The molecular weight excluding hydrogens is 294 g/mol. The van der Waals surface area contributed by atoms with Gasteiger partial charge in [-0.1, -0.05) is 30.3 Å². The number of piperidine rings is 1. The molecule has 2 aliphatic rings. The van der Waals surface area contributed by atoms with Crippen molar-refractivity contribution >= 4 is 5.91 Å². The molecule has 23 heavy (non-hydrogen) atoms. The maximum atomic E-state index is 12.6. The topological polar surface area (TPSA) is 67.5 Å². The highest BCUT2D eigenvalue weighted by Crippen LogP contribution is 2.31. The fourth-order valence-electron chi connectivity index (χ4n) is 3.19. The second kappa shape index (κ2) is 5.79. The molecule has 2 fully saturated rings. The fraction of sp³-hybridized carbons (Fsp3) is 0.412. The number of aromatic amines is 1. The Morgan fingerprint density at radius 2 is 1.83 bits per heavy atom. The quantitative estimate of drug-likeness (QED) is 0.921. The van der Waals surface area contributed by atoms with Crippen LogP contribution in [0, 0.1) is 0 Å². The average Bonchev–Trinajstić information content (AvgIpc) is 3.26. The van der Waals surface area contributed by atoms with E-state index in [1.165, 1.54) is 0 Å². The lowest BCUT2D eigenvalue weighted by atomic mass is 10.0. The Morgan fingerprint density at radius 3 is 2.52 bits per heavy atom. The molecule has 2 aliphatic heterocycles. The molecule has 3 heterocycles. The number of benzene rings is 1. The fourth-order valence-corrected chi connectivity index (χ4v) is 3.19. The zero-order valence-electron chi connectivity index (χ0n) is 12.8. The van der Waals surface area contributed by atoms with E-state index in [1.54, 1.807) is 0 Å². The molecule has 120 valence electrons. The second-order valence-electron chi connectivity index (χ2n) is 5.93. The number of hydrogen-bond acceptors (Lipinski definition) is 4. The molecule has 0 aliphatic carbocycles. The summed E-state index contributed by atoms with van der Waals surface area (Å²) in [5.74, 6) is -0.479. The van der Waals surface area contributed by atoms with Crippen molar-refractivity contribution in [3.05, 3.63) is 42.1 Å². The number of carbonyl (C=O) groups is 1. The lowest BCUT2D eigenvalue weighted by molar-refractivity contribution is -0.181. The summed E-state index contributed by atoms with van der Waals surface area (Å²) < 4.78 is 11.4. The minimum atomic E-state index is -0.458. The minimum Gasteiger partial charge on any atom is -0.347 e. The van der Waals surface area contributed by atoms with Crippen LogP contribution in [0.15, 0.2) is 36.4 Å². The van der Waals surface area contributed by atoms with Gasteiger partial charge < -0.3 is 14.4 Å². The van der Waals surface area contributed by atoms with Crippen LogP contribution < -0.4 is 0 Å². The van der Waals surface area contributed by atoms with Gasteiger partial charge in [0.25, 0.3) is 5.91 Å². The Bertz CT molecular complexity index is 682. The number of H-pyrrole nitrogens is 1. The maximum Gasteiger partial charge on any atom is 0.271 e. The Hall–Kier alpha value is -2.18. The molecule has 4 rings (SSSR count). The predicted molar refractivity (Wildman–Crippen MR) is 83.8 cm³/mol. The first kappa shape index (κ1) is 14.4. The zero-order chi connectivity index (χ0) is 15.7. The predicted octanol–water partition coefficient (Wildman–Crippen LogP) is 2.06. The molecule has 1 N–H and O–H groups in total. The maximum absolute atomic E-state index is 12.6. The number of aromatic nitrogens is 2. The van der Waals surface area contributed by atoms with Crippen molar-refractivity contribution in [3.63, 3.8) is 0 Å². The van der Waals surface area contributed by atoms with Crippen molar-refractivity contribution in [3.8, 4) is 11.3 Å². The lowest BCUT2D eigenvalue weighted by Gasteiger charge is -2.37. The number of hydrogen-bond donors (Lipinski definition) is 1. The van der Waals surface area contributed by atoms with Crippen molar-refractivity contribution < 1.29 is 14.3 Å². The van der Waals surface area contributed by atoms with Gasteiger partial charge in [0.2, 0.25) is 0 Å². The minimum absolute atomic E-state index is 0.0208. The first-order chi connectivity index (χ1) is 11.3. The highest BCUT2D eigenvalue weighted by Gasteiger charge is 2.41. The summed E-state index contributed by atoms with van der Waals surface area (Å²) in [6, 6.07) is 11.6. The van der Waals surface area contributed by atoms with E-state index in [0.717, 1.165) is 24.1 Å². The summed E-state index contributed by atoms with van der Waals surface area (Å²) in [5.41, 5.74) is 2.30. The third kappa shape index (κ3) is 2.75. The summed E-state index contributed by atoms with van der Waals surface area (Å²) in [6.45, 7) is 2.57. The van der Waals surface area contributed by atoms with Gasteiger partial charge in [-0.15, -0.1) is 0 Å². The van der Waals surface area contributed by atoms with Gasteiger partial charge in [-0.25, -0.2) is 0 Å². The molecule has 0 bridgehead atoms. The third-order valence-electron chi connectivity index (χ3n) is 4.50. The van der Waals surface area contributed by atoms with E-state index in [2.05, 4.69) is 10.2 Å². The van der Waals surface area contributed by atoms with E-state index in [-0.39, 0.29) is 5.91 Å². The van der Waals surface area contributed by atoms with Crippen LogP contribution in [0.5, 0.6) is 0 Å². The molecule has 0 unspecified atom stereocenters. The second-order valence-corrected chi connectivity index (χ2v) is 5.93. The number of ether oxygens (including phenoxy) is 2. The monoisotopic (exact) mass is 313 g/mol. The molecule has 2 aromatic rings. The van der Waals surface area contributed by atoms with Crippen molar-refractivity contribution in [2.45, 2.75) is 18.6 Å². The smallest absolute Gasteiger partial charge is 0.271 e. The summed E-state index contributed by atoms with van der Waals surface area (Å²) in [6.07, 6.45) is 1.44. The number of rotatable bonds is 2. The SMILES string of the molecule is O=C(c1cc(-c2ccccc2)n[nH]1)N1CCC2(CC1)OCCO2. The molecule has 1 aromatic carbocycles. The van der Waals surface area contributed by atoms with E-state index in [4.69, 9.17) is 9.47 Å². The Kier molecular flexibility index (Phi) is 3.63. The van der Waals surface area contributed by atoms with Crippen molar-refractivity contribution in [2.75, 3.05) is 26.3 Å². The van der Waals surface area contributed by atoms with Crippen LogP contribution in [0.3, 0.4) is 0 Å². The number of nitrogens with one attached hydrogen (secondary N) is 1. The molecule has 1 spiro atoms. The lowest BCUT2D eigenvalue weighted by Crippen LogP contribution is -2.47. The number of nitrogens with zero attached hydrogens (tertiary/aromatic N) is 2. The first-order valence-corrected chi connectivity index (χ1v) is 7.94. The Labute approximate surface area is 134 Å². The van der Waals surface area contributed by atoms with Crippen LogP contribution in [0.1, 0.15) is 23.3 Å². The molecule has 2 saturated heterocycles. The molecule has 0 radical (unpaired) electrons. The van der Waals surface area contributed by atoms with Gasteiger partial charge in [0.15, 0.2) is 5.79 Å². The molecule has 0 atom stereocenters. The highest BCUT2D eigenvalue weighted by atomic mass is 16.7. The van der Waals surface area contributed by atoms with Gasteiger partial charge in [0, 0.05) is 31.5 Å². The molecule has 6 nitrogen and oxygen atoms in total. The van der Waals surface area contributed by atoms with Gasteiger partial charge in [-0.3, -0.25) is 9.89 Å². The van der Waals surface area contributed by atoms with Gasteiger partial charge in [0.1, 0.15) is 5.69 Å². The molecule has 6 heteroatoms. The standard InChI is InChI=1S/C17H19N3O3/c21-16(20-8-6-17(7-9-20)22-10-11-23-17)15-12-14(18-19-15)13-4-2-1-3-5-13/h1-5,12H,6-11H2,(H,18,19). The van der Waals surface area contributed by atoms with Crippen LogP contribution in [0.4, 0.5) is 0 Å². The van der Waals surface area contributed by atoms with Gasteiger partial charge in [-0.2, -0.15) is 5.10 Å². The van der Waals surface area contributed by atoms with Crippen LogP contribution >= 0.6 is 0 Å². The number of amides is 1.